The molecule has 5 nitrogen and oxygen atoms in total. The summed E-state index contributed by atoms with van der Waals surface area (Å²) >= 11 is 0. The van der Waals surface area contributed by atoms with Crippen molar-refractivity contribution in [2.45, 2.75) is 24.3 Å². The summed E-state index contributed by atoms with van der Waals surface area (Å²) in [5.41, 5.74) is 6.37. The van der Waals surface area contributed by atoms with Crippen LogP contribution in [0.1, 0.15) is 12.0 Å². The molecule has 6 heteroatoms. The Labute approximate surface area is 101 Å². The van der Waals surface area contributed by atoms with Crippen LogP contribution in [0.25, 0.3) is 0 Å². The predicted octanol–water partition coefficient (Wildman–Crippen LogP) is 0.976. The van der Waals surface area contributed by atoms with Gasteiger partial charge in [0.15, 0.2) is 0 Å². The Kier molecular flexibility index (Phi) is 5.07. The number of ether oxygens (including phenoxy) is 1. The number of hydrogen-bond donors (Lipinski definition) is 2. The van der Waals surface area contributed by atoms with Gasteiger partial charge < -0.3 is 10.5 Å². The van der Waals surface area contributed by atoms with Crippen molar-refractivity contribution in [1.82, 2.24) is 0 Å². The average Bonchev–Trinajstić information content (AvgIpc) is 2.69. The van der Waals surface area contributed by atoms with Crippen LogP contribution < -0.4 is 5.73 Å². The van der Waals surface area contributed by atoms with E-state index in [9.17, 15) is 8.42 Å². The lowest BCUT2D eigenvalue weighted by molar-refractivity contribution is 0.194. The molecule has 0 saturated carbocycles. The molecule has 0 radical (unpaired) electrons. The highest BCUT2D eigenvalue weighted by atomic mass is 32.2. The SMILES string of the molecule is Cc1ccc(S(=O)(=O)O)cc1.N[C@@H]1CCOC1. The van der Waals surface area contributed by atoms with E-state index in [0.717, 1.165) is 25.2 Å². The lowest BCUT2D eigenvalue weighted by Gasteiger charge is -1.95. The summed E-state index contributed by atoms with van der Waals surface area (Å²) in [4.78, 5) is -0.0666. The van der Waals surface area contributed by atoms with Crippen molar-refractivity contribution in [3.05, 3.63) is 29.8 Å². The van der Waals surface area contributed by atoms with Crippen molar-refractivity contribution in [2.75, 3.05) is 13.2 Å². The maximum absolute atomic E-state index is 10.5. The molecule has 2 rings (SSSR count). The lowest BCUT2D eigenvalue weighted by Crippen LogP contribution is -2.18. The first-order chi connectivity index (χ1) is 7.89. The molecule has 1 saturated heterocycles. The fraction of sp³-hybridized carbons (Fsp3) is 0.455. The quantitative estimate of drug-likeness (QED) is 0.734. The standard InChI is InChI=1S/C7H8O3S.C4H9NO/c1-6-2-4-7(5-3-6)11(8,9)10;5-4-1-2-6-3-4/h2-5H,1H3,(H,8,9,10);4H,1-3,5H2/t;4-/m.1/s1. The van der Waals surface area contributed by atoms with Crippen LogP contribution in [-0.2, 0) is 14.9 Å². The van der Waals surface area contributed by atoms with Crippen LogP contribution in [0, 0.1) is 6.92 Å². The molecule has 17 heavy (non-hydrogen) atoms. The minimum Gasteiger partial charge on any atom is -0.380 e. The molecule has 0 amide bonds. The molecular weight excluding hydrogens is 242 g/mol. The van der Waals surface area contributed by atoms with Crippen molar-refractivity contribution in [2.24, 2.45) is 5.73 Å². The molecule has 96 valence electrons. The van der Waals surface area contributed by atoms with Crippen molar-refractivity contribution in [1.29, 1.82) is 0 Å². The number of rotatable bonds is 1. The highest BCUT2D eigenvalue weighted by Crippen LogP contribution is 2.08. The number of hydrogen-bond acceptors (Lipinski definition) is 4. The molecule has 1 aromatic rings. The van der Waals surface area contributed by atoms with Gasteiger partial charge in [0, 0.05) is 12.6 Å². The molecular formula is C11H17NO4S. The second-order valence-corrected chi connectivity index (χ2v) is 5.33. The zero-order valence-corrected chi connectivity index (χ0v) is 10.5. The Morgan fingerprint density at radius 2 is 1.94 bits per heavy atom. The normalized spacial score (nSPS) is 19.6. The summed E-state index contributed by atoms with van der Waals surface area (Å²) in [6.07, 6.45) is 1.04. The van der Waals surface area contributed by atoms with E-state index >= 15 is 0 Å². The third kappa shape index (κ3) is 5.27. The van der Waals surface area contributed by atoms with Crippen LogP contribution in [0.4, 0.5) is 0 Å². The van der Waals surface area contributed by atoms with Gasteiger partial charge >= 0.3 is 0 Å². The highest BCUT2D eigenvalue weighted by molar-refractivity contribution is 7.85. The second kappa shape index (κ2) is 6.11. The fourth-order valence-electron chi connectivity index (χ4n) is 1.26. The Balaban J connectivity index is 0.000000202. The maximum Gasteiger partial charge on any atom is 0.294 e. The van der Waals surface area contributed by atoms with Crippen LogP contribution in [0.2, 0.25) is 0 Å². The van der Waals surface area contributed by atoms with Gasteiger partial charge in [0.1, 0.15) is 0 Å². The van der Waals surface area contributed by atoms with Crippen molar-refractivity contribution in [3.8, 4) is 0 Å². The summed E-state index contributed by atoms with van der Waals surface area (Å²) in [5, 5.41) is 0. The van der Waals surface area contributed by atoms with Gasteiger partial charge in [-0.1, -0.05) is 17.7 Å². The molecule has 1 aromatic carbocycles. The molecule has 0 aliphatic carbocycles. The van der Waals surface area contributed by atoms with Gasteiger partial charge in [-0.25, -0.2) is 0 Å². The molecule has 1 atom stereocenters. The van der Waals surface area contributed by atoms with Gasteiger partial charge in [0.25, 0.3) is 10.1 Å². The number of aryl methyl sites for hydroxylation is 1. The Morgan fingerprint density at radius 1 is 1.35 bits per heavy atom. The topological polar surface area (TPSA) is 89.6 Å². The molecule has 1 aliphatic heterocycles. The van der Waals surface area contributed by atoms with Gasteiger partial charge in [0.2, 0.25) is 0 Å². The van der Waals surface area contributed by atoms with Crippen LogP contribution in [0.15, 0.2) is 29.2 Å². The molecule has 1 fully saturated rings. The zero-order chi connectivity index (χ0) is 12.9. The van der Waals surface area contributed by atoms with Crippen LogP contribution >= 0.6 is 0 Å². The van der Waals surface area contributed by atoms with Gasteiger partial charge in [-0.15, -0.1) is 0 Å². The minimum absolute atomic E-state index is 0.0666. The maximum atomic E-state index is 10.5. The van der Waals surface area contributed by atoms with Crippen molar-refractivity contribution >= 4 is 10.1 Å². The van der Waals surface area contributed by atoms with Crippen molar-refractivity contribution < 1.29 is 17.7 Å². The first-order valence-corrected chi connectivity index (χ1v) is 6.71. The molecule has 0 aromatic heterocycles. The summed E-state index contributed by atoms with van der Waals surface area (Å²) in [5.74, 6) is 0. The average molecular weight is 259 g/mol. The van der Waals surface area contributed by atoms with Crippen molar-refractivity contribution in [3.63, 3.8) is 0 Å². The van der Waals surface area contributed by atoms with Gasteiger partial charge in [-0.05, 0) is 25.5 Å². The van der Waals surface area contributed by atoms with Gasteiger partial charge in [0.05, 0.1) is 11.5 Å². The van der Waals surface area contributed by atoms with Crippen LogP contribution in [0.5, 0.6) is 0 Å². The van der Waals surface area contributed by atoms with E-state index in [4.69, 9.17) is 15.0 Å². The van der Waals surface area contributed by atoms with E-state index < -0.39 is 10.1 Å². The first kappa shape index (κ1) is 14.1. The number of benzene rings is 1. The van der Waals surface area contributed by atoms with E-state index in [1.54, 1.807) is 12.1 Å². The van der Waals surface area contributed by atoms with Gasteiger partial charge in [-0.3, -0.25) is 4.55 Å². The number of nitrogens with two attached hydrogens (primary N) is 1. The molecule has 1 aliphatic rings. The van der Waals surface area contributed by atoms with Crippen LogP contribution in [-0.4, -0.2) is 32.2 Å². The smallest absolute Gasteiger partial charge is 0.294 e. The first-order valence-electron chi connectivity index (χ1n) is 5.27. The lowest BCUT2D eigenvalue weighted by atomic mass is 10.2. The summed E-state index contributed by atoms with van der Waals surface area (Å²) < 4.78 is 34.5. The third-order valence-corrected chi connectivity index (χ3v) is 3.15. The monoisotopic (exact) mass is 259 g/mol. The summed E-state index contributed by atoms with van der Waals surface area (Å²) in [7, 11) is -4.02. The summed E-state index contributed by atoms with van der Waals surface area (Å²) in [6, 6.07) is 6.31. The fourth-order valence-corrected chi connectivity index (χ4v) is 1.74. The van der Waals surface area contributed by atoms with E-state index in [2.05, 4.69) is 0 Å². The third-order valence-electron chi connectivity index (χ3n) is 2.28. The van der Waals surface area contributed by atoms with E-state index in [-0.39, 0.29) is 4.90 Å². The molecule has 3 N–H and O–H groups in total. The second-order valence-electron chi connectivity index (χ2n) is 3.91. The molecule has 0 spiro atoms. The Morgan fingerprint density at radius 3 is 2.24 bits per heavy atom. The van der Waals surface area contributed by atoms with E-state index in [0.29, 0.717) is 6.04 Å². The van der Waals surface area contributed by atoms with Crippen LogP contribution in [0.3, 0.4) is 0 Å². The van der Waals surface area contributed by atoms with Gasteiger partial charge in [-0.2, -0.15) is 8.42 Å². The molecule has 1 heterocycles. The zero-order valence-electron chi connectivity index (χ0n) is 9.67. The molecule has 0 unspecified atom stereocenters. The van der Waals surface area contributed by atoms with E-state index in [1.165, 1.54) is 12.1 Å². The Bertz CT molecular complexity index is 435. The molecule has 0 bridgehead atoms. The van der Waals surface area contributed by atoms with E-state index in [1.807, 2.05) is 6.92 Å². The largest absolute Gasteiger partial charge is 0.380 e. The Hall–Kier alpha value is -0.950. The minimum atomic E-state index is -4.02. The predicted molar refractivity (Wildman–Crippen MR) is 64.4 cm³/mol. The highest BCUT2D eigenvalue weighted by Gasteiger charge is 2.08. The summed E-state index contributed by atoms with van der Waals surface area (Å²) in [6.45, 7) is 3.47.